The zero-order chi connectivity index (χ0) is 20.0. The standard InChI is InChI=1S/C28H14O2/c29-27-19-11-5-3-9-17(19)23-15-7-1-2-8-16(15)24-18-10-4-6-12-20(18)28(30)22-14-13-21(27)25(23)26(22)24/h1-14H. The molecule has 2 nitrogen and oxygen atoms in total. The molecule has 0 fully saturated rings. The summed E-state index contributed by atoms with van der Waals surface area (Å²) >= 11 is 0. The van der Waals surface area contributed by atoms with Crippen LogP contribution in [-0.2, 0) is 0 Å². The van der Waals surface area contributed by atoms with E-state index in [4.69, 9.17) is 0 Å². The molecule has 2 aliphatic carbocycles. The van der Waals surface area contributed by atoms with Crippen molar-refractivity contribution in [2.24, 2.45) is 0 Å². The van der Waals surface area contributed by atoms with Gasteiger partial charge in [0.15, 0.2) is 11.6 Å². The van der Waals surface area contributed by atoms with Crippen molar-refractivity contribution >= 4 is 33.1 Å². The predicted octanol–water partition coefficient (Wildman–Crippen LogP) is 6.42. The third-order valence-corrected chi connectivity index (χ3v) is 6.54. The van der Waals surface area contributed by atoms with Gasteiger partial charge < -0.3 is 0 Å². The summed E-state index contributed by atoms with van der Waals surface area (Å²) in [7, 11) is 0. The van der Waals surface area contributed by atoms with Gasteiger partial charge in [0.25, 0.3) is 0 Å². The fourth-order valence-electron chi connectivity index (χ4n) is 5.34. The van der Waals surface area contributed by atoms with Gasteiger partial charge in [-0.25, -0.2) is 0 Å². The zero-order valence-electron chi connectivity index (χ0n) is 15.9. The summed E-state index contributed by atoms with van der Waals surface area (Å²) in [6.45, 7) is 0. The SMILES string of the molecule is O=C1c2ccccc2-c2c3ccccc3c3c4c(ccc1c24)C(=O)c1ccccc1-3. The second-order valence-electron chi connectivity index (χ2n) is 7.96. The van der Waals surface area contributed by atoms with Crippen molar-refractivity contribution in [1.29, 1.82) is 0 Å². The smallest absolute Gasteiger partial charge is 0.194 e. The van der Waals surface area contributed by atoms with Crippen LogP contribution in [0.2, 0.25) is 0 Å². The number of rotatable bonds is 0. The van der Waals surface area contributed by atoms with Crippen LogP contribution < -0.4 is 0 Å². The van der Waals surface area contributed by atoms with Crippen LogP contribution in [0.4, 0.5) is 0 Å². The summed E-state index contributed by atoms with van der Waals surface area (Å²) in [5.74, 6) is 0.0503. The fourth-order valence-corrected chi connectivity index (χ4v) is 5.34. The lowest BCUT2D eigenvalue weighted by Gasteiger charge is -2.28. The summed E-state index contributed by atoms with van der Waals surface area (Å²) in [5, 5.41) is 4.05. The van der Waals surface area contributed by atoms with Crippen LogP contribution in [0.3, 0.4) is 0 Å². The highest BCUT2D eigenvalue weighted by atomic mass is 16.1. The largest absolute Gasteiger partial charge is 0.289 e. The van der Waals surface area contributed by atoms with E-state index in [1.165, 1.54) is 0 Å². The number of carbonyl (C=O) groups excluding carboxylic acids is 2. The van der Waals surface area contributed by atoms with Crippen molar-refractivity contribution in [2.45, 2.75) is 0 Å². The van der Waals surface area contributed by atoms with Crippen molar-refractivity contribution in [3.63, 3.8) is 0 Å². The molecule has 0 radical (unpaired) electrons. The first kappa shape index (κ1) is 15.8. The van der Waals surface area contributed by atoms with Gasteiger partial charge in [-0.1, -0.05) is 72.8 Å². The average molecular weight is 382 g/mol. The number of ketones is 2. The van der Waals surface area contributed by atoms with Crippen LogP contribution in [-0.4, -0.2) is 11.6 Å². The van der Waals surface area contributed by atoms with Crippen LogP contribution in [0.5, 0.6) is 0 Å². The summed E-state index contributed by atoms with van der Waals surface area (Å²) in [6, 6.07) is 27.6. The van der Waals surface area contributed by atoms with Crippen molar-refractivity contribution in [3.05, 3.63) is 107 Å². The Labute approximate surface area is 172 Å². The summed E-state index contributed by atoms with van der Waals surface area (Å²) in [5.41, 5.74) is 6.82. The molecule has 0 unspecified atom stereocenters. The monoisotopic (exact) mass is 382 g/mol. The first-order valence-electron chi connectivity index (χ1n) is 10.1. The predicted molar refractivity (Wildman–Crippen MR) is 119 cm³/mol. The second-order valence-corrected chi connectivity index (χ2v) is 7.96. The van der Waals surface area contributed by atoms with E-state index in [1.54, 1.807) is 0 Å². The molecule has 30 heavy (non-hydrogen) atoms. The Morgan fingerprint density at radius 1 is 0.367 bits per heavy atom. The molecule has 0 N–H and O–H groups in total. The molecule has 138 valence electrons. The maximum Gasteiger partial charge on any atom is 0.194 e. The summed E-state index contributed by atoms with van der Waals surface area (Å²) in [4.78, 5) is 26.8. The third-order valence-electron chi connectivity index (χ3n) is 6.54. The van der Waals surface area contributed by atoms with Crippen LogP contribution in [0.1, 0.15) is 31.8 Å². The van der Waals surface area contributed by atoms with Crippen LogP contribution in [0, 0.1) is 0 Å². The summed E-state index contributed by atoms with van der Waals surface area (Å²) < 4.78 is 0. The fraction of sp³-hybridized carbons (Fsp3) is 0. The van der Waals surface area contributed by atoms with Gasteiger partial charge in [-0.05, 0) is 45.2 Å². The van der Waals surface area contributed by atoms with E-state index in [9.17, 15) is 9.59 Å². The quantitative estimate of drug-likeness (QED) is 0.284. The molecule has 0 heterocycles. The third kappa shape index (κ3) is 1.71. The van der Waals surface area contributed by atoms with E-state index >= 15 is 0 Å². The highest BCUT2D eigenvalue weighted by molar-refractivity contribution is 6.38. The number of carbonyl (C=O) groups is 2. The highest BCUT2D eigenvalue weighted by Crippen LogP contribution is 2.51. The molecule has 0 aliphatic heterocycles. The minimum Gasteiger partial charge on any atom is -0.289 e. The lowest BCUT2D eigenvalue weighted by atomic mass is 9.73. The minimum atomic E-state index is 0.0252. The van der Waals surface area contributed by atoms with Crippen molar-refractivity contribution in [1.82, 2.24) is 0 Å². The van der Waals surface area contributed by atoms with E-state index in [2.05, 4.69) is 12.1 Å². The Morgan fingerprint density at radius 2 is 0.733 bits per heavy atom. The van der Waals surface area contributed by atoms with Crippen LogP contribution in [0.25, 0.3) is 43.8 Å². The molecule has 0 aromatic heterocycles. The Balaban J connectivity index is 1.85. The van der Waals surface area contributed by atoms with Gasteiger partial charge in [0, 0.05) is 33.0 Å². The van der Waals surface area contributed by atoms with E-state index in [0.717, 1.165) is 54.9 Å². The molecule has 0 saturated carbocycles. The maximum atomic E-state index is 13.4. The minimum absolute atomic E-state index is 0.0252. The van der Waals surface area contributed by atoms with Gasteiger partial charge in [-0.15, -0.1) is 0 Å². The molecule has 7 rings (SSSR count). The van der Waals surface area contributed by atoms with Gasteiger partial charge in [0.2, 0.25) is 0 Å². The van der Waals surface area contributed by atoms with Gasteiger partial charge in [-0.3, -0.25) is 9.59 Å². The van der Waals surface area contributed by atoms with Gasteiger partial charge in [0.05, 0.1) is 0 Å². The summed E-state index contributed by atoms with van der Waals surface area (Å²) in [6.07, 6.45) is 0. The molecule has 5 aromatic carbocycles. The molecular weight excluding hydrogens is 368 g/mol. The van der Waals surface area contributed by atoms with Gasteiger partial charge in [-0.2, -0.15) is 0 Å². The average Bonchev–Trinajstić information content (AvgIpc) is 2.80. The maximum absolute atomic E-state index is 13.4. The topological polar surface area (TPSA) is 34.1 Å². The first-order valence-corrected chi connectivity index (χ1v) is 10.1. The normalized spacial score (nSPS) is 13.5. The molecule has 0 saturated heterocycles. The molecule has 0 bridgehead atoms. The van der Waals surface area contributed by atoms with Gasteiger partial charge >= 0.3 is 0 Å². The zero-order valence-corrected chi connectivity index (χ0v) is 15.9. The highest BCUT2D eigenvalue weighted by Gasteiger charge is 2.34. The van der Waals surface area contributed by atoms with E-state index in [-0.39, 0.29) is 11.6 Å². The Bertz CT molecular complexity index is 1500. The van der Waals surface area contributed by atoms with Crippen LogP contribution in [0.15, 0.2) is 84.9 Å². The van der Waals surface area contributed by atoms with Crippen LogP contribution >= 0.6 is 0 Å². The van der Waals surface area contributed by atoms with Crippen molar-refractivity contribution in [3.8, 4) is 22.3 Å². The molecule has 2 aliphatic rings. The lowest BCUT2D eigenvalue weighted by molar-refractivity contribution is 0.102. The number of hydrogen-bond acceptors (Lipinski definition) is 2. The molecular formula is C28H14O2. The van der Waals surface area contributed by atoms with E-state index in [0.29, 0.717) is 11.1 Å². The molecule has 0 atom stereocenters. The van der Waals surface area contributed by atoms with Gasteiger partial charge in [0.1, 0.15) is 0 Å². The Hall–Kier alpha value is -4.04. The Morgan fingerprint density at radius 3 is 1.17 bits per heavy atom. The number of benzene rings is 5. The number of fused-ring (bicyclic) bond motifs is 7. The van der Waals surface area contributed by atoms with Crippen molar-refractivity contribution < 1.29 is 9.59 Å². The molecule has 0 amide bonds. The molecule has 5 aromatic rings. The number of hydrogen-bond donors (Lipinski definition) is 0. The first-order chi connectivity index (χ1) is 14.8. The van der Waals surface area contributed by atoms with E-state index in [1.807, 2.05) is 72.8 Å². The molecule has 0 spiro atoms. The van der Waals surface area contributed by atoms with Crippen molar-refractivity contribution in [2.75, 3.05) is 0 Å². The molecule has 2 heteroatoms. The van der Waals surface area contributed by atoms with E-state index < -0.39 is 0 Å². The lowest BCUT2D eigenvalue weighted by Crippen LogP contribution is -2.16. The second kappa shape index (κ2) is 5.31. The Kier molecular flexibility index (Phi) is 2.80.